The molecule has 0 saturated carbocycles. The van der Waals surface area contributed by atoms with Crippen LogP contribution in [0, 0.1) is 0 Å². The van der Waals surface area contributed by atoms with Crippen LogP contribution in [0.15, 0.2) is 48.5 Å². The number of hydrogen-bond donors (Lipinski definition) is 2. The topological polar surface area (TPSA) is 97.3 Å². The predicted octanol–water partition coefficient (Wildman–Crippen LogP) is 1.96. The third kappa shape index (κ3) is 8.59. The molecule has 0 aliphatic carbocycles. The number of benzene rings is 2. The van der Waals surface area contributed by atoms with Crippen molar-refractivity contribution in [1.29, 1.82) is 0 Å². The second kappa shape index (κ2) is 11.5. The minimum atomic E-state index is -3.24. The summed E-state index contributed by atoms with van der Waals surface area (Å²) in [4.78, 5) is 2.32. The zero-order valence-electron chi connectivity index (χ0n) is 16.7. The SMILES string of the molecule is COc1ccc(N2CCOCC2)cc1.CS(=O)(=O)Nc1ccc(OCCO)cc1. The molecule has 8 nitrogen and oxygen atoms in total. The summed E-state index contributed by atoms with van der Waals surface area (Å²) in [7, 11) is -1.55. The summed E-state index contributed by atoms with van der Waals surface area (Å²) in [5.74, 6) is 1.49. The van der Waals surface area contributed by atoms with Gasteiger partial charge < -0.3 is 24.2 Å². The summed E-state index contributed by atoms with van der Waals surface area (Å²) in [6.07, 6.45) is 1.09. The molecule has 1 fully saturated rings. The van der Waals surface area contributed by atoms with E-state index in [1.165, 1.54) is 5.69 Å². The number of nitrogens with one attached hydrogen (secondary N) is 1. The Morgan fingerprint density at radius 1 is 1.03 bits per heavy atom. The molecule has 0 amide bonds. The molecule has 0 atom stereocenters. The van der Waals surface area contributed by atoms with E-state index >= 15 is 0 Å². The molecular formula is C20H28N2O6S. The van der Waals surface area contributed by atoms with Crippen molar-refractivity contribution < 1.29 is 27.7 Å². The van der Waals surface area contributed by atoms with Crippen LogP contribution in [0.5, 0.6) is 11.5 Å². The van der Waals surface area contributed by atoms with Gasteiger partial charge in [0.25, 0.3) is 0 Å². The molecule has 0 unspecified atom stereocenters. The quantitative estimate of drug-likeness (QED) is 0.701. The van der Waals surface area contributed by atoms with Crippen molar-refractivity contribution in [3.63, 3.8) is 0 Å². The highest BCUT2D eigenvalue weighted by molar-refractivity contribution is 7.92. The van der Waals surface area contributed by atoms with Gasteiger partial charge in [0, 0.05) is 24.5 Å². The third-order valence-electron chi connectivity index (χ3n) is 3.97. The van der Waals surface area contributed by atoms with Gasteiger partial charge in [-0.3, -0.25) is 4.72 Å². The van der Waals surface area contributed by atoms with E-state index in [1.54, 1.807) is 31.4 Å². The fraction of sp³-hybridized carbons (Fsp3) is 0.400. The molecule has 160 valence electrons. The van der Waals surface area contributed by atoms with Crippen LogP contribution in [0.25, 0.3) is 0 Å². The fourth-order valence-corrected chi connectivity index (χ4v) is 3.18. The van der Waals surface area contributed by atoms with E-state index in [0.29, 0.717) is 11.4 Å². The predicted molar refractivity (Wildman–Crippen MR) is 114 cm³/mol. The first kappa shape index (κ1) is 22.8. The van der Waals surface area contributed by atoms with Crippen LogP contribution in [0.4, 0.5) is 11.4 Å². The maximum Gasteiger partial charge on any atom is 0.229 e. The van der Waals surface area contributed by atoms with Gasteiger partial charge in [0.2, 0.25) is 10.0 Å². The largest absolute Gasteiger partial charge is 0.497 e. The number of aliphatic hydroxyl groups excluding tert-OH is 1. The minimum Gasteiger partial charge on any atom is -0.497 e. The van der Waals surface area contributed by atoms with E-state index in [0.717, 1.165) is 38.3 Å². The molecule has 2 aromatic carbocycles. The van der Waals surface area contributed by atoms with E-state index in [4.69, 9.17) is 19.3 Å². The van der Waals surface area contributed by atoms with Gasteiger partial charge in [-0.2, -0.15) is 0 Å². The normalized spacial score (nSPS) is 13.8. The summed E-state index contributed by atoms with van der Waals surface area (Å²) in [5.41, 5.74) is 1.72. The molecule has 1 aliphatic heterocycles. The highest BCUT2D eigenvalue weighted by Crippen LogP contribution is 2.19. The van der Waals surface area contributed by atoms with Crippen molar-refractivity contribution in [2.24, 2.45) is 0 Å². The molecule has 3 rings (SSSR count). The number of methoxy groups -OCH3 is 1. The monoisotopic (exact) mass is 424 g/mol. The summed E-state index contributed by atoms with van der Waals surface area (Å²) in [5, 5.41) is 8.52. The molecule has 1 saturated heterocycles. The Labute approximate surface area is 172 Å². The third-order valence-corrected chi connectivity index (χ3v) is 4.57. The smallest absolute Gasteiger partial charge is 0.229 e. The van der Waals surface area contributed by atoms with E-state index < -0.39 is 10.0 Å². The Hall–Kier alpha value is -2.49. The maximum atomic E-state index is 10.9. The molecule has 1 aliphatic rings. The number of rotatable bonds is 7. The Kier molecular flexibility index (Phi) is 9.04. The van der Waals surface area contributed by atoms with Crippen LogP contribution < -0.4 is 19.1 Å². The summed E-state index contributed by atoms with van der Waals surface area (Å²) >= 11 is 0. The first-order valence-electron chi connectivity index (χ1n) is 9.19. The second-order valence-electron chi connectivity index (χ2n) is 6.27. The summed E-state index contributed by atoms with van der Waals surface area (Å²) < 4.78 is 39.6. The molecule has 0 spiro atoms. The fourth-order valence-electron chi connectivity index (χ4n) is 2.61. The minimum absolute atomic E-state index is 0.0522. The van der Waals surface area contributed by atoms with Crippen LogP contribution >= 0.6 is 0 Å². The Balaban J connectivity index is 0.000000207. The highest BCUT2D eigenvalue weighted by atomic mass is 32.2. The van der Waals surface area contributed by atoms with Crippen molar-refractivity contribution in [1.82, 2.24) is 0 Å². The first-order chi connectivity index (χ1) is 13.9. The second-order valence-corrected chi connectivity index (χ2v) is 8.02. The lowest BCUT2D eigenvalue weighted by atomic mass is 10.2. The number of aliphatic hydroxyl groups is 1. The van der Waals surface area contributed by atoms with Gasteiger partial charge in [-0.25, -0.2) is 8.42 Å². The van der Waals surface area contributed by atoms with Gasteiger partial charge >= 0.3 is 0 Å². The zero-order valence-corrected chi connectivity index (χ0v) is 17.5. The van der Waals surface area contributed by atoms with Crippen molar-refractivity contribution in [2.45, 2.75) is 0 Å². The lowest BCUT2D eigenvalue weighted by Crippen LogP contribution is -2.36. The Bertz CT molecular complexity index is 819. The highest BCUT2D eigenvalue weighted by Gasteiger charge is 2.10. The Morgan fingerprint density at radius 2 is 1.62 bits per heavy atom. The van der Waals surface area contributed by atoms with Crippen LogP contribution in [0.3, 0.4) is 0 Å². The van der Waals surface area contributed by atoms with E-state index in [9.17, 15) is 8.42 Å². The van der Waals surface area contributed by atoms with Crippen molar-refractivity contribution in [3.8, 4) is 11.5 Å². The molecule has 9 heteroatoms. The average molecular weight is 425 g/mol. The molecule has 2 N–H and O–H groups in total. The van der Waals surface area contributed by atoms with Gasteiger partial charge in [-0.15, -0.1) is 0 Å². The number of nitrogens with zero attached hydrogens (tertiary/aromatic N) is 1. The number of anilines is 2. The van der Waals surface area contributed by atoms with E-state index in [2.05, 4.69) is 21.8 Å². The summed E-state index contributed by atoms with van der Waals surface area (Å²) in [6.45, 7) is 3.78. The van der Waals surface area contributed by atoms with Gasteiger partial charge in [-0.05, 0) is 48.5 Å². The van der Waals surface area contributed by atoms with Gasteiger partial charge in [0.05, 0.1) is 33.2 Å². The number of sulfonamides is 1. The molecular weight excluding hydrogens is 396 g/mol. The summed E-state index contributed by atoms with van der Waals surface area (Å²) in [6, 6.07) is 14.6. The number of hydrogen-bond acceptors (Lipinski definition) is 7. The molecule has 0 bridgehead atoms. The van der Waals surface area contributed by atoms with Crippen molar-refractivity contribution in [3.05, 3.63) is 48.5 Å². The van der Waals surface area contributed by atoms with Gasteiger partial charge in [-0.1, -0.05) is 0 Å². The standard InChI is InChI=1S/C11H15NO2.C9H13NO4S/c1-13-11-4-2-10(3-5-11)12-6-8-14-9-7-12;1-15(12,13)10-8-2-4-9(5-3-8)14-7-6-11/h2-5H,6-9H2,1H3;2-5,10-11H,6-7H2,1H3. The molecule has 0 radical (unpaired) electrons. The molecule has 2 aromatic rings. The van der Waals surface area contributed by atoms with Gasteiger partial charge in [0.1, 0.15) is 18.1 Å². The van der Waals surface area contributed by atoms with Crippen LogP contribution in [-0.2, 0) is 14.8 Å². The molecule has 29 heavy (non-hydrogen) atoms. The molecule has 1 heterocycles. The lowest BCUT2D eigenvalue weighted by molar-refractivity contribution is 0.122. The molecule has 0 aromatic heterocycles. The van der Waals surface area contributed by atoms with Crippen LogP contribution in [0.1, 0.15) is 0 Å². The van der Waals surface area contributed by atoms with Crippen LogP contribution in [0.2, 0.25) is 0 Å². The number of morpholine rings is 1. The lowest BCUT2D eigenvalue weighted by Gasteiger charge is -2.28. The Morgan fingerprint density at radius 3 is 2.14 bits per heavy atom. The van der Waals surface area contributed by atoms with Crippen LogP contribution in [-0.4, -0.2) is 66.4 Å². The van der Waals surface area contributed by atoms with Crippen molar-refractivity contribution >= 4 is 21.4 Å². The van der Waals surface area contributed by atoms with E-state index in [-0.39, 0.29) is 13.2 Å². The number of ether oxygens (including phenoxy) is 3. The van der Waals surface area contributed by atoms with Crippen molar-refractivity contribution in [2.75, 3.05) is 62.5 Å². The van der Waals surface area contributed by atoms with E-state index in [1.807, 2.05) is 12.1 Å². The maximum absolute atomic E-state index is 10.9. The first-order valence-corrected chi connectivity index (χ1v) is 11.1. The zero-order chi connectivity index (χ0) is 21.1. The average Bonchev–Trinajstić information content (AvgIpc) is 2.73. The van der Waals surface area contributed by atoms with Gasteiger partial charge in [0.15, 0.2) is 0 Å².